The van der Waals surface area contributed by atoms with Gasteiger partial charge in [0.15, 0.2) is 0 Å². The van der Waals surface area contributed by atoms with Crippen molar-refractivity contribution in [1.82, 2.24) is 0 Å². The first-order valence-electron chi connectivity index (χ1n) is 9.76. The molecule has 4 rings (SSSR count). The maximum atomic E-state index is 11.8. The van der Waals surface area contributed by atoms with Crippen molar-refractivity contribution in [3.05, 3.63) is 94.5 Å². The quantitative estimate of drug-likeness (QED) is 0.353. The van der Waals surface area contributed by atoms with E-state index in [0.717, 1.165) is 28.9 Å². The van der Waals surface area contributed by atoms with Crippen LogP contribution in [0.2, 0.25) is 0 Å². The molecule has 1 aliphatic rings. The van der Waals surface area contributed by atoms with E-state index in [0.29, 0.717) is 24.3 Å². The van der Waals surface area contributed by atoms with Gasteiger partial charge in [0.2, 0.25) is 0 Å². The number of hydrogen-bond donors (Lipinski definition) is 4. The summed E-state index contributed by atoms with van der Waals surface area (Å²) < 4.78 is 5.78. The summed E-state index contributed by atoms with van der Waals surface area (Å²) in [4.78, 5) is 11.8. The summed E-state index contributed by atoms with van der Waals surface area (Å²) >= 11 is 0. The van der Waals surface area contributed by atoms with Crippen molar-refractivity contribution in [2.24, 2.45) is 5.73 Å². The number of rotatable bonds is 7. The maximum absolute atomic E-state index is 11.8. The van der Waals surface area contributed by atoms with Gasteiger partial charge in [-0.1, -0.05) is 36.4 Å². The molecule has 3 aromatic rings. The minimum absolute atomic E-state index is 0.0385. The molecule has 0 fully saturated rings. The van der Waals surface area contributed by atoms with Crippen LogP contribution in [0.1, 0.15) is 38.5 Å². The molecule has 6 heteroatoms. The molecule has 30 heavy (non-hydrogen) atoms. The lowest BCUT2D eigenvalue weighted by Gasteiger charge is -2.14. The Bertz CT molecular complexity index is 1100. The number of carboxylic acid groups (broad SMARTS) is 1. The van der Waals surface area contributed by atoms with Crippen molar-refractivity contribution in [1.29, 1.82) is 5.41 Å². The Morgan fingerprint density at radius 3 is 2.63 bits per heavy atom. The number of anilines is 1. The first kappa shape index (κ1) is 19.5. The Hall–Kier alpha value is -3.80. The molecular formula is C24H23N3O3. The molecule has 5 N–H and O–H groups in total. The van der Waals surface area contributed by atoms with E-state index in [-0.39, 0.29) is 17.3 Å². The molecule has 1 atom stereocenters. The minimum atomic E-state index is -1.01. The molecule has 0 amide bonds. The van der Waals surface area contributed by atoms with Crippen molar-refractivity contribution in [3.8, 4) is 5.75 Å². The Kier molecular flexibility index (Phi) is 5.39. The lowest BCUT2D eigenvalue weighted by Crippen LogP contribution is -2.12. The monoisotopic (exact) mass is 401 g/mol. The first-order chi connectivity index (χ1) is 14.5. The van der Waals surface area contributed by atoms with Crippen LogP contribution in [0.3, 0.4) is 0 Å². The van der Waals surface area contributed by atoms with Gasteiger partial charge in [-0.2, -0.15) is 0 Å². The summed E-state index contributed by atoms with van der Waals surface area (Å²) in [6.45, 7) is 1.07. The highest BCUT2D eigenvalue weighted by molar-refractivity contribution is 5.95. The van der Waals surface area contributed by atoms with E-state index < -0.39 is 5.97 Å². The molecule has 6 nitrogen and oxygen atoms in total. The fourth-order valence-corrected chi connectivity index (χ4v) is 3.77. The molecule has 0 aromatic heterocycles. The fraction of sp³-hybridized carbons (Fsp3) is 0.167. The normalized spacial score (nSPS) is 14.6. The molecule has 152 valence electrons. The van der Waals surface area contributed by atoms with Crippen LogP contribution in [0.15, 0.2) is 66.7 Å². The van der Waals surface area contributed by atoms with Gasteiger partial charge in [0.05, 0.1) is 0 Å². The summed E-state index contributed by atoms with van der Waals surface area (Å²) in [6.07, 6.45) is 0.681. The second kappa shape index (κ2) is 8.29. The van der Waals surface area contributed by atoms with Crippen LogP contribution in [0.4, 0.5) is 5.69 Å². The van der Waals surface area contributed by atoms with Gasteiger partial charge in [0.25, 0.3) is 0 Å². The van der Waals surface area contributed by atoms with Gasteiger partial charge in [-0.25, -0.2) is 4.79 Å². The van der Waals surface area contributed by atoms with Gasteiger partial charge in [-0.3, -0.25) is 5.41 Å². The zero-order valence-electron chi connectivity index (χ0n) is 16.4. The molecule has 1 unspecified atom stereocenters. The van der Waals surface area contributed by atoms with E-state index >= 15 is 0 Å². The second-order valence-electron chi connectivity index (χ2n) is 7.41. The lowest BCUT2D eigenvalue weighted by molar-refractivity contribution is 0.0691. The number of fused-ring (bicyclic) bond motifs is 1. The highest BCUT2D eigenvalue weighted by Crippen LogP contribution is 2.35. The maximum Gasteiger partial charge on any atom is 0.339 e. The van der Waals surface area contributed by atoms with E-state index in [1.165, 1.54) is 0 Å². The van der Waals surface area contributed by atoms with Crippen LogP contribution in [-0.4, -0.2) is 23.5 Å². The van der Waals surface area contributed by atoms with Crippen molar-refractivity contribution >= 4 is 17.5 Å². The van der Waals surface area contributed by atoms with Gasteiger partial charge in [-0.15, -0.1) is 0 Å². The molecule has 3 aromatic carbocycles. The zero-order chi connectivity index (χ0) is 21.1. The van der Waals surface area contributed by atoms with Crippen molar-refractivity contribution in [2.75, 3.05) is 11.9 Å². The predicted octanol–water partition coefficient (Wildman–Crippen LogP) is 4.00. The molecule has 1 aliphatic heterocycles. The van der Waals surface area contributed by atoms with Gasteiger partial charge in [0, 0.05) is 23.7 Å². The van der Waals surface area contributed by atoms with E-state index in [1.807, 2.05) is 54.6 Å². The predicted molar refractivity (Wildman–Crippen MR) is 117 cm³/mol. The minimum Gasteiger partial charge on any atom is -0.488 e. The molecular weight excluding hydrogens is 378 g/mol. The summed E-state index contributed by atoms with van der Waals surface area (Å²) in [5.41, 5.74) is 10.5. The number of carbonyl (C=O) groups is 1. The van der Waals surface area contributed by atoms with E-state index in [1.54, 1.807) is 12.1 Å². The fourth-order valence-electron chi connectivity index (χ4n) is 3.77. The first-order valence-corrected chi connectivity index (χ1v) is 9.76. The van der Waals surface area contributed by atoms with E-state index in [2.05, 4.69) is 5.32 Å². The number of hydrogen-bond acceptors (Lipinski definition) is 4. The molecule has 0 saturated heterocycles. The van der Waals surface area contributed by atoms with Crippen LogP contribution in [-0.2, 0) is 13.0 Å². The largest absolute Gasteiger partial charge is 0.488 e. The Balaban J connectivity index is 1.54. The summed E-state index contributed by atoms with van der Waals surface area (Å²) in [5.74, 6) is -0.434. The zero-order valence-corrected chi connectivity index (χ0v) is 16.4. The van der Waals surface area contributed by atoms with Crippen molar-refractivity contribution < 1.29 is 14.6 Å². The third-order valence-corrected chi connectivity index (χ3v) is 5.33. The highest BCUT2D eigenvalue weighted by atomic mass is 16.5. The number of nitrogens with one attached hydrogen (secondary N) is 2. The van der Waals surface area contributed by atoms with Gasteiger partial charge in [0.1, 0.15) is 23.8 Å². The average Bonchev–Trinajstić information content (AvgIpc) is 3.15. The van der Waals surface area contributed by atoms with Crippen LogP contribution >= 0.6 is 0 Å². The summed E-state index contributed by atoms with van der Waals surface area (Å²) in [6, 6.07) is 20.7. The third kappa shape index (κ3) is 4.12. The van der Waals surface area contributed by atoms with Gasteiger partial charge in [-0.05, 0) is 53.4 Å². The molecule has 0 bridgehead atoms. The molecule has 0 spiro atoms. The van der Waals surface area contributed by atoms with Crippen LogP contribution in [0.25, 0.3) is 0 Å². The number of carboxylic acids is 1. The van der Waals surface area contributed by atoms with E-state index in [9.17, 15) is 9.90 Å². The molecule has 0 radical (unpaired) electrons. The van der Waals surface area contributed by atoms with E-state index in [4.69, 9.17) is 15.9 Å². The standard InChI is InChI=1S/C24H23N3O3/c25-23(26)17-7-8-21-19(12-17)18(13-27-21)10-16-6-9-22(20(11-16)24(28)29)30-14-15-4-2-1-3-5-15/h1-9,11-12,18,27H,10,13-14H2,(H3,25,26)(H,28,29). The summed E-state index contributed by atoms with van der Waals surface area (Å²) in [5, 5.41) is 20.7. The van der Waals surface area contributed by atoms with Crippen molar-refractivity contribution in [2.45, 2.75) is 18.9 Å². The SMILES string of the molecule is N=C(N)c1ccc2c(c1)C(Cc1ccc(OCc3ccccc3)c(C(=O)O)c1)CN2. The van der Waals surface area contributed by atoms with Gasteiger partial charge >= 0.3 is 5.97 Å². The number of nitrogens with two attached hydrogens (primary N) is 1. The number of benzene rings is 3. The van der Waals surface area contributed by atoms with Crippen LogP contribution < -0.4 is 15.8 Å². The number of amidine groups is 1. The smallest absolute Gasteiger partial charge is 0.339 e. The lowest BCUT2D eigenvalue weighted by atomic mass is 9.91. The van der Waals surface area contributed by atoms with Gasteiger partial charge < -0.3 is 20.9 Å². The average molecular weight is 401 g/mol. The molecule has 1 heterocycles. The highest BCUT2D eigenvalue weighted by Gasteiger charge is 2.24. The molecule has 0 saturated carbocycles. The number of nitrogen functional groups attached to an aromatic ring is 1. The third-order valence-electron chi connectivity index (χ3n) is 5.33. The molecule has 0 aliphatic carbocycles. The Morgan fingerprint density at radius 2 is 1.90 bits per heavy atom. The number of aromatic carboxylic acids is 1. The van der Waals surface area contributed by atoms with Crippen LogP contribution in [0.5, 0.6) is 5.75 Å². The van der Waals surface area contributed by atoms with Crippen molar-refractivity contribution in [3.63, 3.8) is 0 Å². The Labute approximate surface area is 174 Å². The topological polar surface area (TPSA) is 108 Å². The summed E-state index contributed by atoms with van der Waals surface area (Å²) in [7, 11) is 0. The second-order valence-corrected chi connectivity index (χ2v) is 7.41. The number of ether oxygens (including phenoxy) is 1. The van der Waals surface area contributed by atoms with Crippen LogP contribution in [0, 0.1) is 5.41 Å². The Morgan fingerprint density at radius 1 is 1.10 bits per heavy atom.